The summed E-state index contributed by atoms with van der Waals surface area (Å²) in [7, 11) is -3.54. The third kappa shape index (κ3) is 3.23. The Bertz CT molecular complexity index is 524. The molecule has 0 radical (unpaired) electrons. The Hall–Kier alpha value is -1.07. The lowest BCUT2D eigenvalue weighted by molar-refractivity contribution is 0.544. The Morgan fingerprint density at radius 2 is 1.83 bits per heavy atom. The van der Waals surface area contributed by atoms with Crippen LogP contribution < -0.4 is 10.5 Å². The molecule has 0 heterocycles. The summed E-state index contributed by atoms with van der Waals surface area (Å²) in [6.07, 6.45) is 1.75. The summed E-state index contributed by atoms with van der Waals surface area (Å²) in [5.41, 5.74) is 7.70. The predicted octanol–water partition coefficient (Wildman–Crippen LogP) is 2.35. The lowest BCUT2D eigenvalue weighted by Crippen LogP contribution is -2.33. The van der Waals surface area contributed by atoms with E-state index >= 15 is 0 Å². The van der Waals surface area contributed by atoms with Crippen LogP contribution >= 0.6 is 0 Å². The molecule has 0 aliphatic rings. The van der Waals surface area contributed by atoms with Gasteiger partial charge in [-0.25, -0.2) is 13.1 Å². The highest BCUT2D eigenvalue weighted by atomic mass is 32.2. The second kappa shape index (κ2) is 5.71. The lowest BCUT2D eigenvalue weighted by atomic mass is 10.1. The van der Waals surface area contributed by atoms with Crippen LogP contribution in [0.5, 0.6) is 0 Å². The number of nitrogen functional groups attached to an aromatic ring is 1. The number of hydrogen-bond acceptors (Lipinski definition) is 3. The number of nitrogens with one attached hydrogen (secondary N) is 1. The highest BCUT2D eigenvalue weighted by Crippen LogP contribution is 2.26. The van der Waals surface area contributed by atoms with Gasteiger partial charge >= 0.3 is 0 Å². The maximum atomic E-state index is 12.3. The van der Waals surface area contributed by atoms with Crippen LogP contribution in [0.3, 0.4) is 0 Å². The van der Waals surface area contributed by atoms with Gasteiger partial charge in [0.05, 0.1) is 5.69 Å². The van der Waals surface area contributed by atoms with Crippen LogP contribution in [0.2, 0.25) is 0 Å². The summed E-state index contributed by atoms with van der Waals surface area (Å²) in [5.74, 6) is 0. The van der Waals surface area contributed by atoms with E-state index in [0.717, 1.165) is 18.4 Å². The van der Waals surface area contributed by atoms with Gasteiger partial charge in [-0.2, -0.15) is 0 Å². The molecule has 0 fully saturated rings. The quantitative estimate of drug-likeness (QED) is 0.807. The van der Waals surface area contributed by atoms with Crippen molar-refractivity contribution >= 4 is 15.7 Å². The van der Waals surface area contributed by atoms with Crippen molar-refractivity contribution in [3.8, 4) is 0 Å². The maximum Gasteiger partial charge on any atom is 0.243 e. The van der Waals surface area contributed by atoms with Crippen LogP contribution in [0.4, 0.5) is 5.69 Å². The van der Waals surface area contributed by atoms with E-state index in [-0.39, 0.29) is 10.9 Å². The van der Waals surface area contributed by atoms with Gasteiger partial charge < -0.3 is 5.73 Å². The van der Waals surface area contributed by atoms with Gasteiger partial charge in [-0.15, -0.1) is 0 Å². The van der Waals surface area contributed by atoms with Crippen LogP contribution in [-0.4, -0.2) is 14.5 Å². The molecule has 4 nitrogen and oxygen atoms in total. The van der Waals surface area contributed by atoms with Gasteiger partial charge in [-0.3, -0.25) is 0 Å². The van der Waals surface area contributed by atoms with Gasteiger partial charge in [-0.1, -0.05) is 25.5 Å². The Balaban J connectivity index is 3.17. The molecule has 1 aromatic carbocycles. The normalized spacial score (nSPS) is 13.6. The number of nitrogens with two attached hydrogens (primary N) is 1. The molecule has 3 N–H and O–H groups in total. The van der Waals surface area contributed by atoms with Crippen molar-refractivity contribution in [3.63, 3.8) is 0 Å². The largest absolute Gasteiger partial charge is 0.397 e. The average Bonchev–Trinajstić information content (AvgIpc) is 2.23. The molecule has 0 aromatic heterocycles. The molecule has 0 saturated heterocycles. The predicted molar refractivity (Wildman–Crippen MR) is 75.0 cm³/mol. The summed E-state index contributed by atoms with van der Waals surface area (Å²) in [6.45, 7) is 7.46. The van der Waals surface area contributed by atoms with Crippen LogP contribution in [0, 0.1) is 13.8 Å². The first-order valence-corrected chi connectivity index (χ1v) is 7.66. The number of aryl methyl sites for hydroxylation is 2. The number of anilines is 1. The molecule has 1 atom stereocenters. The van der Waals surface area contributed by atoms with E-state index in [4.69, 9.17) is 5.73 Å². The van der Waals surface area contributed by atoms with Crippen molar-refractivity contribution < 1.29 is 8.42 Å². The van der Waals surface area contributed by atoms with Crippen LogP contribution in [-0.2, 0) is 10.0 Å². The first-order valence-electron chi connectivity index (χ1n) is 6.17. The monoisotopic (exact) mass is 270 g/mol. The van der Waals surface area contributed by atoms with Gasteiger partial charge in [0.1, 0.15) is 4.90 Å². The number of rotatable bonds is 5. The fourth-order valence-corrected chi connectivity index (χ4v) is 3.69. The van der Waals surface area contributed by atoms with Crippen molar-refractivity contribution in [2.45, 2.75) is 51.5 Å². The van der Waals surface area contributed by atoms with Gasteiger partial charge in [0, 0.05) is 6.04 Å². The molecule has 1 aromatic rings. The standard InChI is InChI=1S/C13H22N2O2S/c1-5-6-11(4)15-18(16,17)13-10(3)8-7-9(2)12(13)14/h7-8,11,15H,5-6,14H2,1-4H3. The van der Waals surface area contributed by atoms with E-state index in [9.17, 15) is 8.42 Å². The van der Waals surface area contributed by atoms with E-state index in [1.54, 1.807) is 13.0 Å². The van der Waals surface area contributed by atoms with Gasteiger partial charge in [0.15, 0.2) is 0 Å². The first-order chi connectivity index (χ1) is 8.29. The van der Waals surface area contributed by atoms with E-state index in [2.05, 4.69) is 4.72 Å². The Morgan fingerprint density at radius 1 is 1.28 bits per heavy atom. The Kier molecular flexibility index (Phi) is 4.76. The topological polar surface area (TPSA) is 72.2 Å². The fourth-order valence-electron chi connectivity index (χ4n) is 1.98. The van der Waals surface area contributed by atoms with Crippen molar-refractivity contribution in [1.82, 2.24) is 4.72 Å². The minimum absolute atomic E-state index is 0.0840. The zero-order chi connectivity index (χ0) is 13.9. The Labute approximate surface area is 110 Å². The van der Waals surface area contributed by atoms with E-state index in [1.807, 2.05) is 26.8 Å². The van der Waals surface area contributed by atoms with E-state index < -0.39 is 10.0 Å². The van der Waals surface area contributed by atoms with Gasteiger partial charge in [0.25, 0.3) is 0 Å². The fraction of sp³-hybridized carbons (Fsp3) is 0.538. The third-order valence-electron chi connectivity index (χ3n) is 2.96. The van der Waals surface area contributed by atoms with Gasteiger partial charge in [0.2, 0.25) is 10.0 Å². The lowest BCUT2D eigenvalue weighted by Gasteiger charge is -2.17. The molecule has 0 aliphatic heterocycles. The maximum absolute atomic E-state index is 12.3. The molecule has 102 valence electrons. The van der Waals surface area contributed by atoms with Crippen molar-refractivity contribution in [2.24, 2.45) is 0 Å². The molecule has 0 aliphatic carbocycles. The molecule has 0 saturated carbocycles. The van der Waals surface area contributed by atoms with E-state index in [1.165, 1.54) is 0 Å². The summed E-state index contributed by atoms with van der Waals surface area (Å²) < 4.78 is 27.3. The zero-order valence-electron chi connectivity index (χ0n) is 11.4. The summed E-state index contributed by atoms with van der Waals surface area (Å²) in [6, 6.07) is 3.53. The molecule has 0 amide bonds. The number of sulfonamides is 1. The second-order valence-electron chi connectivity index (χ2n) is 4.75. The summed E-state index contributed by atoms with van der Waals surface area (Å²) in [4.78, 5) is 0.213. The molecule has 1 unspecified atom stereocenters. The smallest absolute Gasteiger partial charge is 0.243 e. The molecular weight excluding hydrogens is 248 g/mol. The molecule has 18 heavy (non-hydrogen) atoms. The number of hydrogen-bond donors (Lipinski definition) is 2. The van der Waals surface area contributed by atoms with Crippen LogP contribution in [0.1, 0.15) is 37.8 Å². The number of benzene rings is 1. The molecule has 0 spiro atoms. The SMILES string of the molecule is CCCC(C)NS(=O)(=O)c1c(C)ccc(C)c1N. The second-order valence-corrected chi connectivity index (χ2v) is 6.40. The average molecular weight is 270 g/mol. The van der Waals surface area contributed by atoms with E-state index in [0.29, 0.717) is 11.3 Å². The summed E-state index contributed by atoms with van der Waals surface area (Å²) >= 11 is 0. The highest BCUT2D eigenvalue weighted by Gasteiger charge is 2.22. The minimum atomic E-state index is -3.54. The van der Waals surface area contributed by atoms with Gasteiger partial charge in [-0.05, 0) is 38.3 Å². The van der Waals surface area contributed by atoms with Crippen molar-refractivity contribution in [3.05, 3.63) is 23.3 Å². The molecule has 0 bridgehead atoms. The Morgan fingerprint density at radius 3 is 2.39 bits per heavy atom. The highest BCUT2D eigenvalue weighted by molar-refractivity contribution is 7.89. The van der Waals surface area contributed by atoms with Crippen molar-refractivity contribution in [1.29, 1.82) is 0 Å². The molecule has 5 heteroatoms. The van der Waals surface area contributed by atoms with Crippen LogP contribution in [0.15, 0.2) is 17.0 Å². The van der Waals surface area contributed by atoms with Crippen LogP contribution in [0.25, 0.3) is 0 Å². The molecular formula is C13H22N2O2S. The minimum Gasteiger partial charge on any atom is -0.397 e. The summed E-state index contributed by atoms with van der Waals surface area (Å²) in [5, 5.41) is 0. The third-order valence-corrected chi connectivity index (χ3v) is 4.75. The first kappa shape index (κ1) is 15.0. The van der Waals surface area contributed by atoms with Crippen molar-refractivity contribution in [2.75, 3.05) is 5.73 Å². The molecule has 1 rings (SSSR count). The zero-order valence-corrected chi connectivity index (χ0v) is 12.3.